The molecule has 6 nitrogen and oxygen atoms in total. The van der Waals surface area contributed by atoms with E-state index in [0.717, 1.165) is 31.5 Å². The van der Waals surface area contributed by atoms with Crippen LogP contribution in [0.25, 0.3) is 0 Å². The molecule has 2 aromatic rings. The second kappa shape index (κ2) is 7.10. The summed E-state index contributed by atoms with van der Waals surface area (Å²) in [4.78, 5) is 14.1. The van der Waals surface area contributed by atoms with Crippen molar-refractivity contribution in [2.45, 2.75) is 25.4 Å². The molecule has 0 saturated carbocycles. The minimum atomic E-state index is -0.148. The highest BCUT2D eigenvalue weighted by Gasteiger charge is 2.21. The Morgan fingerprint density at radius 3 is 2.87 bits per heavy atom. The van der Waals surface area contributed by atoms with Gasteiger partial charge in [-0.2, -0.15) is 0 Å². The number of aromatic nitrogens is 3. The molecule has 0 unspecified atom stereocenters. The van der Waals surface area contributed by atoms with Gasteiger partial charge in [0.25, 0.3) is 5.91 Å². The molecule has 1 fully saturated rings. The minimum absolute atomic E-state index is 0.148. The fourth-order valence-electron chi connectivity index (χ4n) is 2.77. The third-order valence-electron chi connectivity index (χ3n) is 4.12. The number of piperidine rings is 1. The quantitative estimate of drug-likeness (QED) is 0.931. The molecule has 1 aliphatic rings. The first-order valence-corrected chi connectivity index (χ1v) is 8.14. The maximum atomic E-state index is 12.5. The Morgan fingerprint density at radius 2 is 2.13 bits per heavy atom. The number of hydrogen-bond acceptors (Lipinski definition) is 4. The minimum Gasteiger partial charge on any atom is -0.336 e. The van der Waals surface area contributed by atoms with Crippen LogP contribution in [0, 0.1) is 0 Å². The van der Waals surface area contributed by atoms with E-state index in [1.807, 2.05) is 28.9 Å². The average Bonchev–Trinajstić information content (AvgIpc) is 3.07. The molecule has 0 atom stereocenters. The number of hydrogen-bond donors (Lipinski definition) is 1. The number of nitrogens with one attached hydrogen (secondary N) is 1. The van der Waals surface area contributed by atoms with E-state index in [1.54, 1.807) is 18.1 Å². The van der Waals surface area contributed by atoms with Gasteiger partial charge in [-0.15, -0.1) is 5.10 Å². The molecule has 122 valence electrons. The van der Waals surface area contributed by atoms with Gasteiger partial charge in [0.2, 0.25) is 0 Å². The van der Waals surface area contributed by atoms with Crippen molar-refractivity contribution in [2.24, 2.45) is 0 Å². The zero-order valence-corrected chi connectivity index (χ0v) is 13.8. The smallest absolute Gasteiger partial charge is 0.276 e. The van der Waals surface area contributed by atoms with Crippen molar-refractivity contribution in [1.82, 2.24) is 25.2 Å². The second-order valence-electron chi connectivity index (χ2n) is 5.82. The fourth-order valence-corrected chi connectivity index (χ4v) is 2.97. The van der Waals surface area contributed by atoms with Gasteiger partial charge >= 0.3 is 0 Å². The molecule has 7 heteroatoms. The monoisotopic (exact) mass is 333 g/mol. The molecule has 0 bridgehead atoms. The summed E-state index contributed by atoms with van der Waals surface area (Å²) in [7, 11) is 1.75. The Balaban J connectivity index is 1.68. The lowest BCUT2D eigenvalue weighted by atomic mass is 10.1. The van der Waals surface area contributed by atoms with E-state index in [9.17, 15) is 4.79 Å². The van der Waals surface area contributed by atoms with E-state index in [1.165, 1.54) is 0 Å². The van der Waals surface area contributed by atoms with Gasteiger partial charge in [0.1, 0.15) is 0 Å². The molecule has 1 amide bonds. The number of nitrogens with zero attached hydrogens (tertiary/aromatic N) is 4. The molecule has 0 spiro atoms. The maximum absolute atomic E-state index is 12.5. The zero-order chi connectivity index (χ0) is 16.2. The van der Waals surface area contributed by atoms with Crippen molar-refractivity contribution in [3.05, 3.63) is 46.7 Å². The van der Waals surface area contributed by atoms with Crippen LogP contribution in [0.1, 0.15) is 34.9 Å². The second-order valence-corrected chi connectivity index (χ2v) is 6.22. The molecule has 1 saturated heterocycles. The van der Waals surface area contributed by atoms with Crippen LogP contribution in [0.3, 0.4) is 0 Å². The van der Waals surface area contributed by atoms with Gasteiger partial charge in [-0.1, -0.05) is 35.0 Å². The molecular formula is C16H20ClN5O. The number of halogens is 1. The Kier molecular flexibility index (Phi) is 4.93. The average molecular weight is 334 g/mol. The highest BCUT2D eigenvalue weighted by Crippen LogP contribution is 2.19. The maximum Gasteiger partial charge on any atom is 0.276 e. The van der Waals surface area contributed by atoms with Crippen molar-refractivity contribution in [3.63, 3.8) is 0 Å². The normalized spacial score (nSPS) is 15.6. The van der Waals surface area contributed by atoms with E-state index < -0.39 is 0 Å². The van der Waals surface area contributed by atoms with Gasteiger partial charge in [0.05, 0.1) is 12.2 Å². The van der Waals surface area contributed by atoms with Crippen LogP contribution in [0.2, 0.25) is 5.02 Å². The summed E-state index contributed by atoms with van der Waals surface area (Å²) in [5, 5.41) is 12.2. The molecule has 3 rings (SSSR count). The van der Waals surface area contributed by atoms with Gasteiger partial charge < -0.3 is 10.2 Å². The molecule has 23 heavy (non-hydrogen) atoms. The van der Waals surface area contributed by atoms with E-state index >= 15 is 0 Å². The topological polar surface area (TPSA) is 63.1 Å². The summed E-state index contributed by atoms with van der Waals surface area (Å²) in [6.45, 7) is 2.39. The number of carbonyl (C=O) groups excluding carboxylic acids is 1. The standard InChI is InChI=1S/C16H20ClN5O/c1-21(10-12-4-2-3-5-14(12)17)16(23)15-11-22(20-19-15)13-6-8-18-9-7-13/h2-5,11,13,18H,6-10H2,1H3. The van der Waals surface area contributed by atoms with Crippen LogP contribution in [0.15, 0.2) is 30.5 Å². The third kappa shape index (κ3) is 3.71. The van der Waals surface area contributed by atoms with Crippen molar-refractivity contribution in [1.29, 1.82) is 0 Å². The van der Waals surface area contributed by atoms with Gasteiger partial charge in [-0.25, -0.2) is 4.68 Å². The summed E-state index contributed by atoms with van der Waals surface area (Å²) in [6.07, 6.45) is 3.76. The van der Waals surface area contributed by atoms with E-state index in [2.05, 4.69) is 15.6 Å². The summed E-state index contributed by atoms with van der Waals surface area (Å²) in [5.74, 6) is -0.148. The summed E-state index contributed by atoms with van der Waals surface area (Å²) < 4.78 is 1.82. The molecule has 1 N–H and O–H groups in total. The lowest BCUT2D eigenvalue weighted by Crippen LogP contribution is -2.29. The van der Waals surface area contributed by atoms with Crippen LogP contribution < -0.4 is 5.32 Å². The molecule has 0 radical (unpaired) electrons. The highest BCUT2D eigenvalue weighted by molar-refractivity contribution is 6.31. The van der Waals surface area contributed by atoms with Gasteiger partial charge in [-0.05, 0) is 37.6 Å². The largest absolute Gasteiger partial charge is 0.336 e. The predicted molar refractivity (Wildman–Crippen MR) is 88.4 cm³/mol. The lowest BCUT2D eigenvalue weighted by Gasteiger charge is -2.22. The van der Waals surface area contributed by atoms with Crippen LogP contribution in [-0.4, -0.2) is 45.9 Å². The molecular weight excluding hydrogens is 314 g/mol. The summed E-state index contributed by atoms with van der Waals surface area (Å²) in [6, 6.07) is 7.84. The number of amides is 1. The van der Waals surface area contributed by atoms with E-state index in [-0.39, 0.29) is 5.91 Å². The first-order valence-electron chi connectivity index (χ1n) is 7.76. The van der Waals surface area contributed by atoms with E-state index in [0.29, 0.717) is 23.3 Å². The highest BCUT2D eigenvalue weighted by atomic mass is 35.5. The molecule has 1 aliphatic heterocycles. The zero-order valence-electron chi connectivity index (χ0n) is 13.1. The predicted octanol–water partition coefficient (Wildman–Crippen LogP) is 2.13. The molecule has 0 aliphatic carbocycles. The van der Waals surface area contributed by atoms with Crippen molar-refractivity contribution < 1.29 is 4.79 Å². The third-order valence-corrected chi connectivity index (χ3v) is 4.49. The fraction of sp³-hybridized carbons (Fsp3) is 0.438. The Labute approximate surface area is 140 Å². The molecule has 1 aromatic heterocycles. The van der Waals surface area contributed by atoms with Crippen LogP contribution >= 0.6 is 11.6 Å². The number of carbonyl (C=O) groups is 1. The SMILES string of the molecule is CN(Cc1ccccc1Cl)C(=O)c1cn(C2CCNCC2)nn1. The van der Waals surface area contributed by atoms with Crippen LogP contribution in [-0.2, 0) is 6.54 Å². The number of benzene rings is 1. The molecule has 1 aromatic carbocycles. The van der Waals surface area contributed by atoms with Gasteiger partial charge in [0.15, 0.2) is 5.69 Å². The van der Waals surface area contributed by atoms with Gasteiger partial charge in [-0.3, -0.25) is 4.79 Å². The molecule has 2 heterocycles. The van der Waals surface area contributed by atoms with Gasteiger partial charge in [0, 0.05) is 18.6 Å². The summed E-state index contributed by atoms with van der Waals surface area (Å²) in [5.41, 5.74) is 1.29. The van der Waals surface area contributed by atoms with Crippen molar-refractivity contribution in [3.8, 4) is 0 Å². The first-order chi connectivity index (χ1) is 11.1. The van der Waals surface area contributed by atoms with Crippen molar-refractivity contribution in [2.75, 3.05) is 20.1 Å². The summed E-state index contributed by atoms with van der Waals surface area (Å²) >= 11 is 6.15. The first kappa shape index (κ1) is 16.0. The van der Waals surface area contributed by atoms with Crippen molar-refractivity contribution >= 4 is 17.5 Å². The number of rotatable bonds is 4. The Hall–Kier alpha value is -1.92. The Morgan fingerprint density at radius 1 is 1.39 bits per heavy atom. The van der Waals surface area contributed by atoms with Crippen LogP contribution in [0.5, 0.6) is 0 Å². The van der Waals surface area contributed by atoms with Crippen LogP contribution in [0.4, 0.5) is 0 Å². The lowest BCUT2D eigenvalue weighted by molar-refractivity contribution is 0.0779. The van der Waals surface area contributed by atoms with E-state index in [4.69, 9.17) is 11.6 Å². The Bertz CT molecular complexity index is 681.